The molecule has 0 saturated carbocycles. The molecular formula is C18H20N4O3. The summed E-state index contributed by atoms with van der Waals surface area (Å²) in [7, 11) is 0. The van der Waals surface area contributed by atoms with E-state index >= 15 is 0 Å². The Hall–Kier alpha value is -2.54. The normalized spacial score (nSPS) is 20.2. The molecule has 1 saturated heterocycles. The number of rotatable bonds is 5. The third kappa shape index (κ3) is 3.07. The molecule has 0 radical (unpaired) electrons. The van der Waals surface area contributed by atoms with E-state index in [0.717, 1.165) is 19.4 Å². The zero-order valence-electron chi connectivity index (χ0n) is 13.9. The Balaban J connectivity index is 1.33. The quantitative estimate of drug-likeness (QED) is 0.839. The van der Waals surface area contributed by atoms with Gasteiger partial charge in [-0.05, 0) is 37.9 Å². The molecule has 0 aliphatic carbocycles. The number of nitrogens with one attached hydrogen (secondary N) is 1. The molecule has 2 amide bonds. The van der Waals surface area contributed by atoms with Crippen LogP contribution in [0.4, 0.5) is 0 Å². The molecule has 2 aliphatic rings. The molecule has 2 aromatic rings. The Kier molecular flexibility index (Phi) is 4.31. The van der Waals surface area contributed by atoms with Crippen LogP contribution in [0.25, 0.3) is 0 Å². The molecule has 130 valence electrons. The van der Waals surface area contributed by atoms with Gasteiger partial charge in [-0.1, -0.05) is 23.7 Å². The van der Waals surface area contributed by atoms with Gasteiger partial charge in [-0.3, -0.25) is 14.5 Å². The lowest BCUT2D eigenvalue weighted by atomic mass is 10.1. The molecule has 0 bridgehead atoms. The zero-order valence-corrected chi connectivity index (χ0v) is 13.9. The number of amides is 2. The van der Waals surface area contributed by atoms with Crippen LogP contribution in [0.2, 0.25) is 0 Å². The summed E-state index contributed by atoms with van der Waals surface area (Å²) in [4.78, 5) is 30.4. The maximum absolute atomic E-state index is 12.3. The largest absolute Gasteiger partial charge is 0.338 e. The third-order valence-electron chi connectivity index (χ3n) is 4.75. The van der Waals surface area contributed by atoms with Crippen molar-refractivity contribution >= 4 is 11.8 Å². The number of hydrogen-bond donors (Lipinski definition) is 1. The summed E-state index contributed by atoms with van der Waals surface area (Å²) in [6, 6.07) is 7.07. The van der Waals surface area contributed by atoms with Crippen LogP contribution in [0.15, 0.2) is 28.8 Å². The summed E-state index contributed by atoms with van der Waals surface area (Å²) in [5.41, 5.74) is 0.968. The van der Waals surface area contributed by atoms with E-state index in [4.69, 9.17) is 4.52 Å². The van der Waals surface area contributed by atoms with Gasteiger partial charge < -0.3 is 9.84 Å². The summed E-state index contributed by atoms with van der Waals surface area (Å²) in [6.07, 6.45) is 4.54. The van der Waals surface area contributed by atoms with E-state index < -0.39 is 0 Å². The summed E-state index contributed by atoms with van der Waals surface area (Å²) < 4.78 is 5.35. The number of piperidine rings is 1. The van der Waals surface area contributed by atoms with E-state index in [-0.39, 0.29) is 17.9 Å². The number of fused-ring (bicyclic) bond motifs is 1. The van der Waals surface area contributed by atoms with E-state index in [1.807, 2.05) is 0 Å². The Morgan fingerprint density at radius 1 is 1.16 bits per heavy atom. The van der Waals surface area contributed by atoms with Crippen molar-refractivity contribution in [3.05, 3.63) is 47.1 Å². The highest BCUT2D eigenvalue weighted by Gasteiger charge is 2.34. The van der Waals surface area contributed by atoms with E-state index in [0.29, 0.717) is 42.2 Å². The highest BCUT2D eigenvalue weighted by molar-refractivity contribution is 6.21. The first-order chi connectivity index (χ1) is 12.2. The number of benzene rings is 1. The predicted molar refractivity (Wildman–Crippen MR) is 89.0 cm³/mol. The SMILES string of the molecule is O=C1c2ccccc2C(=O)N1CCCc1noc([C@@H]2CCCCN2)n1. The lowest BCUT2D eigenvalue weighted by Gasteiger charge is -2.19. The van der Waals surface area contributed by atoms with E-state index in [9.17, 15) is 9.59 Å². The van der Waals surface area contributed by atoms with Gasteiger partial charge in [0, 0.05) is 13.0 Å². The average Bonchev–Trinajstić information content (AvgIpc) is 3.22. The standard InChI is InChI=1S/C18H20N4O3/c23-17-12-6-1-2-7-13(12)18(24)22(17)11-5-9-15-20-16(25-21-15)14-8-3-4-10-19-14/h1-2,6-7,14,19H,3-5,8-11H2/t14-/m0/s1. The van der Waals surface area contributed by atoms with Gasteiger partial charge in [0.1, 0.15) is 0 Å². The van der Waals surface area contributed by atoms with Gasteiger partial charge in [0.2, 0.25) is 5.89 Å². The number of hydrogen-bond acceptors (Lipinski definition) is 6. The van der Waals surface area contributed by atoms with Gasteiger partial charge >= 0.3 is 0 Å². The second-order valence-electron chi connectivity index (χ2n) is 6.46. The van der Waals surface area contributed by atoms with Gasteiger partial charge in [-0.25, -0.2) is 0 Å². The van der Waals surface area contributed by atoms with Gasteiger partial charge in [0.15, 0.2) is 5.82 Å². The van der Waals surface area contributed by atoms with E-state index in [2.05, 4.69) is 15.5 Å². The molecule has 0 spiro atoms. The monoisotopic (exact) mass is 340 g/mol. The number of imide groups is 1. The number of aryl methyl sites for hydroxylation is 1. The summed E-state index contributed by atoms with van der Waals surface area (Å²) >= 11 is 0. The van der Waals surface area contributed by atoms with Gasteiger partial charge in [0.05, 0.1) is 17.2 Å². The highest BCUT2D eigenvalue weighted by Crippen LogP contribution is 2.23. The molecule has 1 fully saturated rings. The topological polar surface area (TPSA) is 88.3 Å². The number of carbonyl (C=O) groups is 2. The fourth-order valence-corrected chi connectivity index (χ4v) is 3.41. The molecule has 25 heavy (non-hydrogen) atoms. The zero-order chi connectivity index (χ0) is 17.2. The third-order valence-corrected chi connectivity index (χ3v) is 4.75. The van der Waals surface area contributed by atoms with Gasteiger partial charge in [-0.2, -0.15) is 4.98 Å². The van der Waals surface area contributed by atoms with Crippen molar-refractivity contribution in [1.29, 1.82) is 0 Å². The van der Waals surface area contributed by atoms with Crippen molar-refractivity contribution in [2.24, 2.45) is 0 Å². The van der Waals surface area contributed by atoms with Crippen LogP contribution >= 0.6 is 0 Å². The Labute approximate surface area is 145 Å². The molecule has 4 rings (SSSR count). The van der Waals surface area contributed by atoms with Gasteiger partial charge in [0.25, 0.3) is 11.8 Å². The van der Waals surface area contributed by atoms with Crippen LogP contribution in [0.1, 0.15) is 64.2 Å². The minimum Gasteiger partial charge on any atom is -0.338 e. The number of nitrogens with zero attached hydrogens (tertiary/aromatic N) is 3. The summed E-state index contributed by atoms with van der Waals surface area (Å²) in [6.45, 7) is 1.33. The Bertz CT molecular complexity index is 760. The maximum atomic E-state index is 12.3. The Morgan fingerprint density at radius 2 is 1.92 bits per heavy atom. The number of carbonyl (C=O) groups excluding carboxylic acids is 2. The smallest absolute Gasteiger partial charge is 0.261 e. The second-order valence-corrected chi connectivity index (χ2v) is 6.46. The number of aromatic nitrogens is 2. The fraction of sp³-hybridized carbons (Fsp3) is 0.444. The van der Waals surface area contributed by atoms with Crippen LogP contribution in [0.5, 0.6) is 0 Å². The first-order valence-electron chi connectivity index (χ1n) is 8.75. The molecular weight excluding hydrogens is 320 g/mol. The average molecular weight is 340 g/mol. The lowest BCUT2D eigenvalue weighted by Crippen LogP contribution is -2.31. The summed E-state index contributed by atoms with van der Waals surface area (Å²) in [5, 5.41) is 7.40. The Morgan fingerprint density at radius 3 is 2.60 bits per heavy atom. The van der Waals surface area contributed by atoms with E-state index in [1.165, 1.54) is 11.3 Å². The van der Waals surface area contributed by atoms with Crippen molar-refractivity contribution in [3.8, 4) is 0 Å². The minimum absolute atomic E-state index is 0.145. The van der Waals surface area contributed by atoms with Crippen LogP contribution < -0.4 is 5.32 Å². The van der Waals surface area contributed by atoms with Crippen LogP contribution in [0, 0.1) is 0 Å². The molecule has 1 atom stereocenters. The van der Waals surface area contributed by atoms with Crippen molar-refractivity contribution in [2.45, 2.75) is 38.1 Å². The molecule has 2 aliphatic heterocycles. The maximum Gasteiger partial charge on any atom is 0.261 e. The van der Waals surface area contributed by atoms with Crippen LogP contribution in [0.3, 0.4) is 0 Å². The fourth-order valence-electron chi connectivity index (χ4n) is 3.41. The van der Waals surface area contributed by atoms with Crippen molar-refractivity contribution in [2.75, 3.05) is 13.1 Å². The first kappa shape index (κ1) is 16.0. The van der Waals surface area contributed by atoms with Crippen LogP contribution in [-0.2, 0) is 6.42 Å². The highest BCUT2D eigenvalue weighted by atomic mass is 16.5. The molecule has 1 aromatic heterocycles. The lowest BCUT2D eigenvalue weighted by molar-refractivity contribution is 0.0652. The molecule has 3 heterocycles. The van der Waals surface area contributed by atoms with Crippen molar-refractivity contribution in [1.82, 2.24) is 20.4 Å². The van der Waals surface area contributed by atoms with Gasteiger partial charge in [-0.15, -0.1) is 0 Å². The second kappa shape index (κ2) is 6.76. The molecule has 1 N–H and O–H groups in total. The first-order valence-corrected chi connectivity index (χ1v) is 8.75. The molecule has 7 nitrogen and oxygen atoms in total. The van der Waals surface area contributed by atoms with Crippen molar-refractivity contribution in [3.63, 3.8) is 0 Å². The van der Waals surface area contributed by atoms with Crippen molar-refractivity contribution < 1.29 is 14.1 Å². The van der Waals surface area contributed by atoms with E-state index in [1.54, 1.807) is 24.3 Å². The predicted octanol–water partition coefficient (Wildman–Crippen LogP) is 2.11. The molecule has 1 aromatic carbocycles. The molecule has 7 heteroatoms. The molecule has 0 unspecified atom stereocenters. The van der Waals surface area contributed by atoms with Crippen LogP contribution in [-0.4, -0.2) is 39.9 Å². The minimum atomic E-state index is -0.221. The summed E-state index contributed by atoms with van der Waals surface area (Å²) in [5.74, 6) is 0.816.